The molecule has 0 bridgehead atoms. The molecule has 8 nitrogen and oxygen atoms in total. The molecule has 1 aliphatic rings. The lowest BCUT2D eigenvalue weighted by atomic mass is 9.95. The van der Waals surface area contributed by atoms with Crippen LogP contribution in [0.1, 0.15) is 67.7 Å². The van der Waals surface area contributed by atoms with Gasteiger partial charge in [0.15, 0.2) is 11.5 Å². The number of H-pyrrole nitrogens is 1. The van der Waals surface area contributed by atoms with Crippen molar-refractivity contribution in [3.05, 3.63) is 59.3 Å². The molecule has 2 heterocycles. The molecule has 0 fully saturated rings. The Morgan fingerprint density at radius 3 is 2.58 bits per heavy atom. The molecule has 2 N–H and O–H groups in total. The number of phenolic OH excluding ortho intramolecular Hbond substituents is 1. The number of phenols is 1. The summed E-state index contributed by atoms with van der Waals surface area (Å²) in [4.78, 5) is 15.4. The third-order valence-corrected chi connectivity index (χ3v) is 6.25. The number of nitrogens with zero attached hydrogens (tertiary/aromatic N) is 2. The number of aromatic hydroxyl groups is 1. The van der Waals surface area contributed by atoms with E-state index in [2.05, 4.69) is 17.1 Å². The van der Waals surface area contributed by atoms with Gasteiger partial charge in [-0.3, -0.25) is 9.89 Å². The monoisotopic (exact) mass is 493 g/mol. The molecule has 1 aliphatic heterocycles. The minimum atomic E-state index is -0.397. The predicted molar refractivity (Wildman–Crippen MR) is 138 cm³/mol. The highest BCUT2D eigenvalue weighted by Crippen LogP contribution is 2.45. The Hall–Kier alpha value is -3.52. The van der Waals surface area contributed by atoms with Crippen LogP contribution in [0.15, 0.2) is 42.5 Å². The van der Waals surface area contributed by atoms with Crippen molar-refractivity contribution in [3.8, 4) is 28.5 Å². The summed E-state index contributed by atoms with van der Waals surface area (Å²) in [6.45, 7) is 8.85. The number of nitrogens with one attached hydrogen (secondary N) is 1. The Bertz CT molecular complexity index is 1180. The number of para-hydroxylation sites is 1. The number of benzene rings is 2. The minimum Gasteiger partial charge on any atom is -0.507 e. The van der Waals surface area contributed by atoms with Gasteiger partial charge in [-0.15, -0.1) is 0 Å². The number of amides is 1. The first-order valence-electron chi connectivity index (χ1n) is 12.7. The number of carbonyl (C=O) groups is 1. The molecular formula is C28H35N3O5. The summed E-state index contributed by atoms with van der Waals surface area (Å²) in [6.07, 6.45) is 2.71. The van der Waals surface area contributed by atoms with Gasteiger partial charge in [0.1, 0.15) is 17.1 Å². The Morgan fingerprint density at radius 2 is 1.83 bits per heavy atom. The van der Waals surface area contributed by atoms with Crippen molar-refractivity contribution in [3.63, 3.8) is 0 Å². The molecule has 8 heteroatoms. The zero-order chi connectivity index (χ0) is 25.5. The lowest BCUT2D eigenvalue weighted by molar-refractivity contribution is 0.0710. The predicted octanol–water partition coefficient (Wildman–Crippen LogP) is 5.33. The average molecular weight is 494 g/mol. The second-order valence-corrected chi connectivity index (χ2v) is 8.67. The van der Waals surface area contributed by atoms with Crippen molar-refractivity contribution in [2.45, 2.75) is 46.1 Å². The quantitative estimate of drug-likeness (QED) is 0.312. The van der Waals surface area contributed by atoms with Crippen LogP contribution in [-0.4, -0.2) is 59.1 Å². The standard InChI is InChI=1S/C28H35N3O5/c1-4-7-17-36-22-14-13-19(18-23(22)35-6-3)27-24-25(20-11-8-9-12-21(20)32)29-30-26(24)28(33)31(27)15-10-16-34-5-2/h8-9,11-14,18,27,32H,4-7,10,15-17H2,1-3H3,(H,29,30). The van der Waals surface area contributed by atoms with Gasteiger partial charge in [0.25, 0.3) is 5.91 Å². The number of ether oxygens (including phenoxy) is 3. The molecule has 2 aromatic carbocycles. The van der Waals surface area contributed by atoms with Gasteiger partial charge < -0.3 is 24.2 Å². The molecule has 0 saturated heterocycles. The summed E-state index contributed by atoms with van der Waals surface area (Å²) >= 11 is 0. The maximum atomic E-state index is 13.5. The number of rotatable bonds is 13. The van der Waals surface area contributed by atoms with Crippen LogP contribution in [0.4, 0.5) is 0 Å². The molecule has 1 aromatic heterocycles. The second kappa shape index (κ2) is 11.9. The van der Waals surface area contributed by atoms with Gasteiger partial charge in [-0.2, -0.15) is 5.10 Å². The molecule has 192 valence electrons. The highest BCUT2D eigenvalue weighted by Gasteiger charge is 2.42. The molecule has 0 radical (unpaired) electrons. The fourth-order valence-corrected chi connectivity index (χ4v) is 4.54. The van der Waals surface area contributed by atoms with Gasteiger partial charge in [0.2, 0.25) is 0 Å². The lowest BCUT2D eigenvalue weighted by Crippen LogP contribution is -2.31. The largest absolute Gasteiger partial charge is 0.507 e. The first-order chi connectivity index (χ1) is 17.6. The van der Waals surface area contributed by atoms with Crippen molar-refractivity contribution in [1.29, 1.82) is 0 Å². The fraction of sp³-hybridized carbons (Fsp3) is 0.429. The molecule has 1 unspecified atom stereocenters. The molecule has 1 atom stereocenters. The van der Waals surface area contributed by atoms with Crippen LogP contribution in [0.2, 0.25) is 0 Å². The molecule has 0 spiro atoms. The summed E-state index contributed by atoms with van der Waals surface area (Å²) in [6, 6.07) is 12.5. The van der Waals surface area contributed by atoms with E-state index in [-0.39, 0.29) is 11.7 Å². The van der Waals surface area contributed by atoms with Gasteiger partial charge in [-0.1, -0.05) is 31.5 Å². The zero-order valence-corrected chi connectivity index (χ0v) is 21.3. The first kappa shape index (κ1) is 25.6. The van der Waals surface area contributed by atoms with Crippen molar-refractivity contribution in [2.75, 3.05) is 33.0 Å². The van der Waals surface area contributed by atoms with Crippen LogP contribution in [0.3, 0.4) is 0 Å². The molecular weight excluding hydrogens is 458 g/mol. The average Bonchev–Trinajstić information content (AvgIpc) is 3.42. The van der Waals surface area contributed by atoms with E-state index in [1.54, 1.807) is 18.2 Å². The molecule has 3 aromatic rings. The Labute approximate surface area is 212 Å². The Balaban J connectivity index is 1.77. The SMILES string of the molecule is CCCCOc1ccc(C2c3c(-c4ccccc4O)n[nH]c3C(=O)N2CCCOCC)cc1OCC. The molecule has 0 saturated carbocycles. The summed E-state index contributed by atoms with van der Waals surface area (Å²) < 4.78 is 17.4. The highest BCUT2D eigenvalue weighted by molar-refractivity contribution is 6.00. The topological polar surface area (TPSA) is 96.9 Å². The van der Waals surface area contributed by atoms with Crippen molar-refractivity contribution in [1.82, 2.24) is 15.1 Å². The fourth-order valence-electron chi connectivity index (χ4n) is 4.54. The molecule has 1 amide bonds. The van der Waals surface area contributed by atoms with Gasteiger partial charge in [0, 0.05) is 30.9 Å². The maximum absolute atomic E-state index is 13.5. The van der Waals surface area contributed by atoms with Crippen molar-refractivity contribution < 1.29 is 24.1 Å². The smallest absolute Gasteiger partial charge is 0.273 e. The number of hydrogen-bond donors (Lipinski definition) is 2. The van der Waals surface area contributed by atoms with E-state index >= 15 is 0 Å². The third kappa shape index (κ3) is 5.18. The van der Waals surface area contributed by atoms with E-state index in [0.29, 0.717) is 67.8 Å². The second-order valence-electron chi connectivity index (χ2n) is 8.67. The van der Waals surface area contributed by atoms with E-state index in [0.717, 1.165) is 24.0 Å². The van der Waals surface area contributed by atoms with Gasteiger partial charge >= 0.3 is 0 Å². The molecule has 4 rings (SSSR count). The Kier molecular flexibility index (Phi) is 8.48. The van der Waals surface area contributed by atoms with Crippen molar-refractivity contribution >= 4 is 5.91 Å². The molecule has 36 heavy (non-hydrogen) atoms. The summed E-state index contributed by atoms with van der Waals surface area (Å²) in [5.41, 5.74) is 3.22. The number of aromatic nitrogens is 2. The number of fused-ring (bicyclic) bond motifs is 1. The normalized spacial score (nSPS) is 14.8. The number of unbranched alkanes of at least 4 members (excludes halogenated alkanes) is 1. The minimum absolute atomic E-state index is 0.113. The number of carbonyl (C=O) groups excluding carboxylic acids is 1. The van der Waals surface area contributed by atoms with Crippen LogP contribution in [0, 0.1) is 0 Å². The van der Waals surface area contributed by atoms with E-state index < -0.39 is 6.04 Å². The van der Waals surface area contributed by atoms with Crippen LogP contribution in [0.5, 0.6) is 17.2 Å². The lowest BCUT2D eigenvalue weighted by Gasteiger charge is -2.27. The number of hydrogen-bond acceptors (Lipinski definition) is 6. The highest BCUT2D eigenvalue weighted by atomic mass is 16.5. The van der Waals surface area contributed by atoms with Crippen LogP contribution in [-0.2, 0) is 4.74 Å². The summed E-state index contributed by atoms with van der Waals surface area (Å²) in [7, 11) is 0. The first-order valence-corrected chi connectivity index (χ1v) is 12.7. The van der Waals surface area contributed by atoms with E-state index in [4.69, 9.17) is 14.2 Å². The van der Waals surface area contributed by atoms with Gasteiger partial charge in [0.05, 0.1) is 19.3 Å². The number of aromatic amines is 1. The molecule has 0 aliphatic carbocycles. The van der Waals surface area contributed by atoms with Crippen LogP contribution in [0.25, 0.3) is 11.3 Å². The summed E-state index contributed by atoms with van der Waals surface area (Å²) in [5.74, 6) is 1.33. The van der Waals surface area contributed by atoms with Crippen molar-refractivity contribution in [2.24, 2.45) is 0 Å². The maximum Gasteiger partial charge on any atom is 0.273 e. The van der Waals surface area contributed by atoms with E-state index in [9.17, 15) is 9.90 Å². The van der Waals surface area contributed by atoms with E-state index in [1.807, 2.05) is 43.0 Å². The Morgan fingerprint density at radius 1 is 1.00 bits per heavy atom. The van der Waals surface area contributed by atoms with Gasteiger partial charge in [-0.25, -0.2) is 0 Å². The van der Waals surface area contributed by atoms with Gasteiger partial charge in [-0.05, 0) is 56.5 Å². The van der Waals surface area contributed by atoms with E-state index in [1.165, 1.54) is 0 Å². The summed E-state index contributed by atoms with van der Waals surface area (Å²) in [5, 5.41) is 17.9. The van der Waals surface area contributed by atoms with Crippen LogP contribution >= 0.6 is 0 Å². The van der Waals surface area contributed by atoms with Crippen LogP contribution < -0.4 is 9.47 Å². The zero-order valence-electron chi connectivity index (χ0n) is 21.3. The third-order valence-electron chi connectivity index (χ3n) is 6.25.